The lowest BCUT2D eigenvalue weighted by Crippen LogP contribution is -2.47. The lowest BCUT2D eigenvalue weighted by molar-refractivity contribution is -0.247. The van der Waals surface area contributed by atoms with Crippen molar-refractivity contribution < 1.29 is 14.2 Å². The molecular formula is C17H28O3S. The van der Waals surface area contributed by atoms with Crippen molar-refractivity contribution >= 4 is 13.5 Å². The topological polar surface area (TPSA) is 27.7 Å². The second-order valence-corrected chi connectivity index (χ2v) is 5.86. The van der Waals surface area contributed by atoms with E-state index < -0.39 is 0 Å². The molecule has 1 aromatic carbocycles. The number of methoxy groups -OCH3 is 1. The van der Waals surface area contributed by atoms with Crippen LogP contribution in [0.4, 0.5) is 0 Å². The molecule has 21 heavy (non-hydrogen) atoms. The van der Waals surface area contributed by atoms with Gasteiger partial charge in [0.15, 0.2) is 6.29 Å². The average Bonchev–Trinajstić information content (AvgIpc) is 2.48. The third kappa shape index (κ3) is 4.71. The van der Waals surface area contributed by atoms with Crippen molar-refractivity contribution in [1.29, 1.82) is 0 Å². The van der Waals surface area contributed by atoms with Gasteiger partial charge < -0.3 is 14.2 Å². The number of hydrogen-bond donors (Lipinski definition) is 0. The molecule has 2 rings (SSSR count). The maximum Gasteiger partial charge on any atom is 0.160 e. The standard InChI is InChI=1S/C17H26O3.H2S/c1-12-13(2)16(20-17(18-4)14(12)3)11-19-10-15-8-6-5-7-9-15;/h5-9,12-14,16-17H,10-11H2,1-4H3;1H2/t12-,13-,14?,16?,17-;/m0./s1. The highest BCUT2D eigenvalue weighted by atomic mass is 32.1. The Morgan fingerprint density at radius 1 is 1.00 bits per heavy atom. The molecule has 0 saturated carbocycles. The average molecular weight is 312 g/mol. The normalized spacial score (nSPS) is 32.5. The van der Waals surface area contributed by atoms with Gasteiger partial charge in [-0.25, -0.2) is 0 Å². The summed E-state index contributed by atoms with van der Waals surface area (Å²) in [5, 5.41) is 0. The zero-order valence-corrected chi connectivity index (χ0v) is 14.4. The molecule has 0 amide bonds. The molecule has 5 atom stereocenters. The molecule has 1 saturated heterocycles. The van der Waals surface area contributed by atoms with Gasteiger partial charge in [-0.3, -0.25) is 0 Å². The van der Waals surface area contributed by atoms with Crippen molar-refractivity contribution in [2.75, 3.05) is 13.7 Å². The molecule has 1 aliphatic rings. The van der Waals surface area contributed by atoms with Crippen molar-refractivity contribution in [2.45, 2.75) is 39.8 Å². The SMILES string of the molecule is CO[C@H]1OC(COCc2ccccc2)[C@@H](C)[C@H](C)C1C.S. The van der Waals surface area contributed by atoms with E-state index in [-0.39, 0.29) is 25.9 Å². The maximum absolute atomic E-state index is 6.02. The van der Waals surface area contributed by atoms with Crippen LogP contribution < -0.4 is 0 Å². The Morgan fingerprint density at radius 3 is 2.29 bits per heavy atom. The summed E-state index contributed by atoms with van der Waals surface area (Å²) < 4.78 is 17.3. The van der Waals surface area contributed by atoms with E-state index in [1.54, 1.807) is 7.11 Å². The first-order valence-electron chi connectivity index (χ1n) is 7.43. The Balaban J connectivity index is 0.00000220. The Kier molecular flexibility index (Phi) is 7.74. The van der Waals surface area contributed by atoms with Gasteiger partial charge in [0, 0.05) is 13.0 Å². The third-order valence-corrected chi connectivity index (χ3v) is 4.61. The number of hydrogen-bond acceptors (Lipinski definition) is 3. The van der Waals surface area contributed by atoms with E-state index in [9.17, 15) is 0 Å². The number of benzene rings is 1. The summed E-state index contributed by atoms with van der Waals surface area (Å²) in [6.07, 6.45) is -0.0126. The summed E-state index contributed by atoms with van der Waals surface area (Å²) in [6.45, 7) is 7.95. The van der Waals surface area contributed by atoms with E-state index in [0.29, 0.717) is 31.0 Å². The van der Waals surface area contributed by atoms with Gasteiger partial charge in [-0.2, -0.15) is 13.5 Å². The van der Waals surface area contributed by atoms with Gasteiger partial charge >= 0.3 is 0 Å². The Hall–Kier alpha value is -0.550. The highest BCUT2D eigenvalue weighted by Gasteiger charge is 2.39. The Bertz CT molecular complexity index is 396. The zero-order valence-electron chi connectivity index (χ0n) is 13.4. The summed E-state index contributed by atoms with van der Waals surface area (Å²) >= 11 is 0. The molecule has 4 heteroatoms. The van der Waals surface area contributed by atoms with E-state index in [4.69, 9.17) is 14.2 Å². The first kappa shape index (κ1) is 18.5. The van der Waals surface area contributed by atoms with Gasteiger partial charge in [0.2, 0.25) is 0 Å². The Morgan fingerprint density at radius 2 is 1.67 bits per heavy atom. The van der Waals surface area contributed by atoms with Crippen LogP contribution in [0.15, 0.2) is 30.3 Å². The van der Waals surface area contributed by atoms with Crippen LogP contribution in [-0.2, 0) is 20.8 Å². The van der Waals surface area contributed by atoms with E-state index in [2.05, 4.69) is 32.9 Å². The van der Waals surface area contributed by atoms with Crippen molar-refractivity contribution in [2.24, 2.45) is 17.8 Å². The van der Waals surface area contributed by atoms with Crippen LogP contribution >= 0.6 is 13.5 Å². The van der Waals surface area contributed by atoms with Crippen LogP contribution in [0.3, 0.4) is 0 Å². The summed E-state index contributed by atoms with van der Waals surface area (Å²) in [6, 6.07) is 10.2. The molecule has 1 aliphatic heterocycles. The molecule has 2 unspecified atom stereocenters. The van der Waals surface area contributed by atoms with Crippen LogP contribution in [0.5, 0.6) is 0 Å². The van der Waals surface area contributed by atoms with Gasteiger partial charge in [-0.15, -0.1) is 0 Å². The fourth-order valence-electron chi connectivity index (χ4n) is 2.81. The molecule has 0 aromatic heterocycles. The molecule has 1 aromatic rings. The number of rotatable bonds is 5. The van der Waals surface area contributed by atoms with Crippen molar-refractivity contribution in [3.05, 3.63) is 35.9 Å². The van der Waals surface area contributed by atoms with Crippen molar-refractivity contribution in [3.8, 4) is 0 Å². The molecule has 0 spiro atoms. The molecule has 1 fully saturated rings. The van der Waals surface area contributed by atoms with Crippen molar-refractivity contribution in [3.63, 3.8) is 0 Å². The highest BCUT2D eigenvalue weighted by Crippen LogP contribution is 2.35. The van der Waals surface area contributed by atoms with E-state index in [0.717, 1.165) is 0 Å². The van der Waals surface area contributed by atoms with E-state index in [1.165, 1.54) is 5.56 Å². The van der Waals surface area contributed by atoms with Gasteiger partial charge in [0.1, 0.15) is 0 Å². The minimum absolute atomic E-state index is 0. The largest absolute Gasteiger partial charge is 0.374 e. The first-order valence-corrected chi connectivity index (χ1v) is 7.43. The first-order chi connectivity index (χ1) is 9.63. The molecule has 120 valence electrons. The third-order valence-electron chi connectivity index (χ3n) is 4.61. The minimum Gasteiger partial charge on any atom is -0.374 e. The number of ether oxygens (including phenoxy) is 3. The monoisotopic (exact) mass is 312 g/mol. The van der Waals surface area contributed by atoms with Crippen LogP contribution in [0.2, 0.25) is 0 Å². The van der Waals surface area contributed by atoms with E-state index in [1.807, 2.05) is 18.2 Å². The molecule has 0 bridgehead atoms. The van der Waals surface area contributed by atoms with E-state index >= 15 is 0 Å². The van der Waals surface area contributed by atoms with Crippen LogP contribution in [0.25, 0.3) is 0 Å². The quantitative estimate of drug-likeness (QED) is 0.831. The molecular weight excluding hydrogens is 284 g/mol. The van der Waals surface area contributed by atoms with Crippen molar-refractivity contribution in [1.82, 2.24) is 0 Å². The van der Waals surface area contributed by atoms with Gasteiger partial charge in [0.05, 0.1) is 19.3 Å². The zero-order chi connectivity index (χ0) is 14.5. The fraction of sp³-hybridized carbons (Fsp3) is 0.647. The molecule has 0 radical (unpaired) electrons. The predicted molar refractivity (Wildman–Crippen MR) is 89.6 cm³/mol. The van der Waals surface area contributed by atoms with Gasteiger partial charge in [-0.1, -0.05) is 51.1 Å². The highest BCUT2D eigenvalue weighted by molar-refractivity contribution is 7.59. The predicted octanol–water partition coefficient (Wildman–Crippen LogP) is 3.60. The second-order valence-electron chi connectivity index (χ2n) is 5.86. The summed E-state index contributed by atoms with van der Waals surface area (Å²) in [5.74, 6) is 1.46. The molecule has 0 N–H and O–H groups in total. The summed E-state index contributed by atoms with van der Waals surface area (Å²) in [4.78, 5) is 0. The molecule has 0 aliphatic carbocycles. The molecule has 1 heterocycles. The van der Waals surface area contributed by atoms with Crippen LogP contribution in [0, 0.1) is 17.8 Å². The van der Waals surface area contributed by atoms with Gasteiger partial charge in [0.25, 0.3) is 0 Å². The van der Waals surface area contributed by atoms with Crippen LogP contribution in [0.1, 0.15) is 26.3 Å². The fourth-order valence-corrected chi connectivity index (χ4v) is 2.81. The Labute approximate surface area is 135 Å². The maximum atomic E-state index is 6.02. The lowest BCUT2D eigenvalue weighted by atomic mass is 9.79. The second kappa shape index (κ2) is 8.79. The lowest BCUT2D eigenvalue weighted by Gasteiger charge is -2.42. The smallest absolute Gasteiger partial charge is 0.160 e. The summed E-state index contributed by atoms with van der Waals surface area (Å²) in [5.41, 5.74) is 1.20. The minimum atomic E-state index is -0.119. The summed E-state index contributed by atoms with van der Waals surface area (Å²) in [7, 11) is 1.71. The van der Waals surface area contributed by atoms with Gasteiger partial charge in [-0.05, 0) is 17.4 Å². The van der Waals surface area contributed by atoms with Crippen LogP contribution in [-0.4, -0.2) is 26.1 Å². The molecule has 3 nitrogen and oxygen atoms in total.